The van der Waals surface area contributed by atoms with Crippen molar-refractivity contribution in [2.45, 2.75) is 12.1 Å². The zero-order valence-corrected chi connectivity index (χ0v) is 13.3. The van der Waals surface area contributed by atoms with Crippen LogP contribution >= 0.6 is 0 Å². The van der Waals surface area contributed by atoms with Crippen molar-refractivity contribution >= 4 is 17.5 Å². The molecule has 4 nitrogen and oxygen atoms in total. The monoisotopic (exact) mass is 366 g/mol. The predicted molar refractivity (Wildman–Crippen MR) is 85.7 cm³/mol. The molecule has 2 aromatic carbocycles. The van der Waals surface area contributed by atoms with Gasteiger partial charge in [0.25, 0.3) is 0 Å². The second kappa shape index (κ2) is 6.78. The van der Waals surface area contributed by atoms with Gasteiger partial charge in [-0.25, -0.2) is 4.39 Å². The average molecular weight is 366 g/mol. The zero-order chi connectivity index (χ0) is 18.9. The molecule has 26 heavy (non-hydrogen) atoms. The minimum atomic E-state index is -4.53. The van der Waals surface area contributed by atoms with Gasteiger partial charge < -0.3 is 10.6 Å². The maximum Gasteiger partial charge on any atom is 0.416 e. The molecule has 0 bridgehead atoms. The standard InChI is InChI=1S/C18H14F4N2O2/c19-13-6-1-2-7-14(13)24-17(26)15-12(9-23-16(15)25)10-4-3-5-11(8-10)18(20,21)22/h1-8,12,15H,9H2,(H,23,25)(H,24,26)/t12-,15-/m1/s1. The first kappa shape index (κ1) is 17.9. The molecule has 0 radical (unpaired) electrons. The summed E-state index contributed by atoms with van der Waals surface area (Å²) in [6.07, 6.45) is -4.53. The maximum atomic E-state index is 13.7. The summed E-state index contributed by atoms with van der Waals surface area (Å²) in [7, 11) is 0. The first-order valence-electron chi connectivity index (χ1n) is 7.77. The molecule has 2 N–H and O–H groups in total. The smallest absolute Gasteiger partial charge is 0.355 e. The van der Waals surface area contributed by atoms with E-state index >= 15 is 0 Å². The van der Waals surface area contributed by atoms with Gasteiger partial charge in [0.1, 0.15) is 11.7 Å². The molecule has 0 aromatic heterocycles. The van der Waals surface area contributed by atoms with E-state index in [4.69, 9.17) is 0 Å². The van der Waals surface area contributed by atoms with Crippen LogP contribution in [0.3, 0.4) is 0 Å². The van der Waals surface area contributed by atoms with E-state index in [1.807, 2.05) is 0 Å². The zero-order valence-electron chi connectivity index (χ0n) is 13.3. The van der Waals surface area contributed by atoms with Gasteiger partial charge in [-0.2, -0.15) is 13.2 Å². The van der Waals surface area contributed by atoms with Crippen molar-refractivity contribution in [2.24, 2.45) is 5.92 Å². The van der Waals surface area contributed by atoms with Crippen LogP contribution < -0.4 is 10.6 Å². The summed E-state index contributed by atoms with van der Waals surface area (Å²) >= 11 is 0. The molecule has 2 aromatic rings. The van der Waals surface area contributed by atoms with E-state index in [9.17, 15) is 27.2 Å². The number of amides is 2. The van der Waals surface area contributed by atoms with Crippen LogP contribution in [0.5, 0.6) is 0 Å². The first-order chi connectivity index (χ1) is 12.3. The molecule has 0 spiro atoms. The predicted octanol–water partition coefficient (Wildman–Crippen LogP) is 3.31. The van der Waals surface area contributed by atoms with Crippen molar-refractivity contribution in [2.75, 3.05) is 11.9 Å². The van der Waals surface area contributed by atoms with Crippen LogP contribution in [0.1, 0.15) is 17.0 Å². The van der Waals surface area contributed by atoms with Crippen LogP contribution in [0.25, 0.3) is 0 Å². The largest absolute Gasteiger partial charge is 0.416 e. The average Bonchev–Trinajstić information content (AvgIpc) is 2.98. The minimum absolute atomic E-state index is 0.0233. The lowest BCUT2D eigenvalue weighted by Gasteiger charge is -2.18. The number of hydrogen-bond acceptors (Lipinski definition) is 2. The Kier molecular flexibility index (Phi) is 4.67. The Hall–Kier alpha value is -2.90. The lowest BCUT2D eigenvalue weighted by Crippen LogP contribution is -2.32. The molecule has 2 atom stereocenters. The molecule has 1 aliphatic rings. The van der Waals surface area contributed by atoms with Crippen molar-refractivity contribution in [3.63, 3.8) is 0 Å². The quantitative estimate of drug-likeness (QED) is 0.647. The highest BCUT2D eigenvalue weighted by Gasteiger charge is 2.42. The second-order valence-corrected chi connectivity index (χ2v) is 5.92. The number of benzene rings is 2. The topological polar surface area (TPSA) is 58.2 Å². The number of carbonyl (C=O) groups is 2. The molecule has 0 unspecified atom stereocenters. The molecule has 0 aliphatic carbocycles. The highest BCUT2D eigenvalue weighted by atomic mass is 19.4. The molecule has 3 rings (SSSR count). The van der Waals surface area contributed by atoms with Gasteiger partial charge in [0.05, 0.1) is 11.3 Å². The molecule has 1 fully saturated rings. The number of hydrogen-bond donors (Lipinski definition) is 2. The van der Waals surface area contributed by atoms with E-state index < -0.39 is 41.2 Å². The highest BCUT2D eigenvalue weighted by molar-refractivity contribution is 6.08. The van der Waals surface area contributed by atoms with Gasteiger partial charge in [0.2, 0.25) is 11.8 Å². The molecule has 136 valence electrons. The third-order valence-electron chi connectivity index (χ3n) is 4.24. The number of anilines is 1. The number of rotatable bonds is 3. The van der Waals surface area contributed by atoms with Gasteiger partial charge in [-0.1, -0.05) is 30.3 Å². The Morgan fingerprint density at radius 1 is 1.12 bits per heavy atom. The van der Waals surface area contributed by atoms with E-state index in [1.165, 1.54) is 30.3 Å². The molecule has 1 saturated heterocycles. The van der Waals surface area contributed by atoms with Gasteiger partial charge in [-0.05, 0) is 23.8 Å². The number of carbonyl (C=O) groups excluding carboxylic acids is 2. The van der Waals surface area contributed by atoms with Crippen molar-refractivity contribution in [3.8, 4) is 0 Å². The van der Waals surface area contributed by atoms with E-state index in [0.717, 1.165) is 18.2 Å². The lowest BCUT2D eigenvalue weighted by atomic mass is 9.87. The third kappa shape index (κ3) is 3.54. The molecule has 2 amide bonds. The van der Waals surface area contributed by atoms with Gasteiger partial charge in [0, 0.05) is 12.5 Å². The Morgan fingerprint density at radius 2 is 1.85 bits per heavy atom. The Morgan fingerprint density at radius 3 is 2.54 bits per heavy atom. The number of alkyl halides is 3. The summed E-state index contributed by atoms with van der Waals surface area (Å²) in [6.45, 7) is 0.0233. The van der Waals surface area contributed by atoms with E-state index in [-0.39, 0.29) is 17.8 Å². The SMILES string of the molecule is O=C1NC[C@H](c2cccc(C(F)(F)F)c2)[C@H]1C(=O)Nc1ccccc1F. The van der Waals surface area contributed by atoms with E-state index in [1.54, 1.807) is 0 Å². The summed E-state index contributed by atoms with van der Waals surface area (Å²) in [6, 6.07) is 9.94. The normalized spacial score (nSPS) is 19.9. The number of nitrogens with one attached hydrogen (secondary N) is 2. The molecule has 1 heterocycles. The second-order valence-electron chi connectivity index (χ2n) is 5.92. The summed E-state index contributed by atoms with van der Waals surface area (Å²) < 4.78 is 52.4. The van der Waals surface area contributed by atoms with Crippen molar-refractivity contribution < 1.29 is 27.2 Å². The molecule has 8 heteroatoms. The van der Waals surface area contributed by atoms with Crippen molar-refractivity contribution in [1.29, 1.82) is 0 Å². The highest BCUT2D eigenvalue weighted by Crippen LogP contribution is 2.35. The fraction of sp³-hybridized carbons (Fsp3) is 0.222. The van der Waals surface area contributed by atoms with Crippen LogP contribution in [0.15, 0.2) is 48.5 Å². The molecule has 1 aliphatic heterocycles. The van der Waals surface area contributed by atoms with Gasteiger partial charge in [-0.3, -0.25) is 9.59 Å². The first-order valence-corrected chi connectivity index (χ1v) is 7.77. The Balaban J connectivity index is 1.87. The van der Waals surface area contributed by atoms with Crippen molar-refractivity contribution in [3.05, 3.63) is 65.5 Å². The van der Waals surface area contributed by atoms with Crippen LogP contribution in [0.4, 0.5) is 23.2 Å². The van der Waals surface area contributed by atoms with Crippen LogP contribution in [0.2, 0.25) is 0 Å². The molecular formula is C18H14F4N2O2. The summed E-state index contributed by atoms with van der Waals surface area (Å²) in [5.74, 6) is -4.08. The van der Waals surface area contributed by atoms with Gasteiger partial charge >= 0.3 is 6.18 Å². The summed E-state index contributed by atoms with van der Waals surface area (Å²) in [5, 5.41) is 4.81. The van der Waals surface area contributed by atoms with Gasteiger partial charge in [0.15, 0.2) is 0 Å². The fourth-order valence-corrected chi connectivity index (χ4v) is 2.95. The van der Waals surface area contributed by atoms with E-state index in [2.05, 4.69) is 10.6 Å². The lowest BCUT2D eigenvalue weighted by molar-refractivity contribution is -0.137. The van der Waals surface area contributed by atoms with Gasteiger partial charge in [-0.15, -0.1) is 0 Å². The van der Waals surface area contributed by atoms with Crippen molar-refractivity contribution in [1.82, 2.24) is 5.32 Å². The Labute approximate surface area is 146 Å². The summed E-state index contributed by atoms with van der Waals surface area (Å²) in [4.78, 5) is 24.6. The third-order valence-corrected chi connectivity index (χ3v) is 4.24. The number of para-hydroxylation sites is 1. The summed E-state index contributed by atoms with van der Waals surface area (Å²) in [5.41, 5.74) is -0.741. The molecule has 0 saturated carbocycles. The Bertz CT molecular complexity index is 851. The molecular weight excluding hydrogens is 352 g/mol. The minimum Gasteiger partial charge on any atom is -0.355 e. The fourth-order valence-electron chi connectivity index (χ4n) is 2.95. The van der Waals surface area contributed by atoms with E-state index in [0.29, 0.717) is 0 Å². The van der Waals surface area contributed by atoms with Crippen LogP contribution in [0, 0.1) is 11.7 Å². The number of halogens is 4. The van der Waals surface area contributed by atoms with Crippen LogP contribution in [-0.2, 0) is 15.8 Å². The maximum absolute atomic E-state index is 13.7. The van der Waals surface area contributed by atoms with Crippen LogP contribution in [-0.4, -0.2) is 18.4 Å².